The maximum Gasteiger partial charge on any atom is 0.546 e. The average Bonchev–Trinajstić information content (AvgIpc) is 3.43. The van der Waals surface area contributed by atoms with Crippen molar-refractivity contribution >= 4 is 48.6 Å². The number of hydrogen-bond donors (Lipinski definition) is 4. The molecule has 0 fully saturated rings. The monoisotopic (exact) mass is 622 g/mol. The zero-order chi connectivity index (χ0) is 31.1. The quantitative estimate of drug-likeness (QED) is 0.242. The Kier molecular flexibility index (Phi) is 10.9. The van der Waals surface area contributed by atoms with Gasteiger partial charge in [-0.05, 0) is 78.9 Å². The molecule has 3 aromatic carbocycles. The maximum absolute atomic E-state index is 12.9. The average molecular weight is 623 g/mol. The number of aromatic amines is 1. The summed E-state index contributed by atoms with van der Waals surface area (Å²) in [7, 11) is -4.01. The molecule has 3 atom stereocenters. The minimum atomic E-state index is -4.02. The Labute approximate surface area is 252 Å². The number of rotatable bonds is 5. The van der Waals surface area contributed by atoms with Crippen molar-refractivity contribution in [3.05, 3.63) is 102 Å². The maximum atomic E-state index is 12.9. The van der Waals surface area contributed by atoms with Crippen molar-refractivity contribution in [2.75, 3.05) is 26.7 Å². The van der Waals surface area contributed by atoms with E-state index in [0.29, 0.717) is 11.3 Å². The second-order valence-corrected chi connectivity index (χ2v) is 13.1. The van der Waals surface area contributed by atoms with Gasteiger partial charge in [-0.3, -0.25) is 14.3 Å². The second-order valence-electron chi connectivity index (χ2n) is 10.4. The molecule has 1 aliphatic heterocycles. The second kappa shape index (κ2) is 14.4. The number of carbonyl (C=O) groups excluding carboxylic acids is 1. The fourth-order valence-corrected chi connectivity index (χ4v) is 6.54. The lowest BCUT2D eigenvalue weighted by molar-refractivity contribution is -0.134. The van der Waals surface area contributed by atoms with Crippen molar-refractivity contribution in [3.8, 4) is 0 Å². The van der Waals surface area contributed by atoms with Crippen molar-refractivity contribution in [1.82, 2.24) is 14.8 Å². The Hall–Kier alpha value is -3.42. The number of nitrogens with one attached hydrogen (secondary N) is 1. The first-order valence-electron chi connectivity index (χ1n) is 14.2. The standard InChI is InChI=1S/C20H25N3O.C6H7O3P.C6H5O2P/c1-4-23(5-2)20(24)14-9-16-15-7-6-8-17-19(15)13(11-21-17)10-18(16)22(3)12-14;7-10(8,9)6-4-2-1-3-5-6;7-9(8)6-4-2-1-3-5-6/h6-9,11,14,18,21H,4-5,10,12H2,1-3H3;1-5H,(H2,7,8,9);1-5H/p+1/t14-,18-;;/m1../s1. The number of H-pyrrole nitrogens is 1. The zero-order valence-electron chi connectivity index (χ0n) is 24.5. The van der Waals surface area contributed by atoms with E-state index >= 15 is 0 Å². The molecule has 1 aromatic heterocycles. The van der Waals surface area contributed by atoms with Gasteiger partial charge < -0.3 is 19.7 Å². The summed E-state index contributed by atoms with van der Waals surface area (Å²) in [6.45, 7) is 6.47. The molecule has 1 amide bonds. The van der Waals surface area contributed by atoms with E-state index in [2.05, 4.69) is 61.3 Å². The van der Waals surface area contributed by atoms with Crippen LogP contribution in [0.25, 0.3) is 16.5 Å². The molecule has 9 nitrogen and oxygen atoms in total. The Morgan fingerprint density at radius 2 is 1.63 bits per heavy atom. The molecule has 0 saturated heterocycles. The van der Waals surface area contributed by atoms with Gasteiger partial charge in [0.15, 0.2) is 0 Å². The molecule has 2 heterocycles. The number of amides is 1. The highest BCUT2D eigenvalue weighted by molar-refractivity contribution is 7.60. The van der Waals surface area contributed by atoms with Gasteiger partial charge in [0.2, 0.25) is 11.2 Å². The van der Waals surface area contributed by atoms with E-state index in [1.54, 1.807) is 42.5 Å². The predicted molar refractivity (Wildman–Crippen MR) is 172 cm³/mol. The van der Waals surface area contributed by atoms with Crippen LogP contribution in [0.5, 0.6) is 0 Å². The van der Waals surface area contributed by atoms with Gasteiger partial charge in [-0.2, -0.15) is 4.89 Å². The highest BCUT2D eigenvalue weighted by Crippen LogP contribution is 2.41. The summed E-state index contributed by atoms with van der Waals surface area (Å²) >= 11 is 0. The summed E-state index contributed by atoms with van der Waals surface area (Å²) in [5.41, 5.74) is 5.21. The Bertz CT molecular complexity index is 1630. The lowest BCUT2D eigenvalue weighted by atomic mass is 9.79. The number of hydrogen-bond acceptors (Lipinski definition) is 4. The number of fused-ring (bicyclic) bond motifs is 2. The van der Waals surface area contributed by atoms with Crippen LogP contribution in [0, 0.1) is 5.92 Å². The van der Waals surface area contributed by atoms with Crippen molar-refractivity contribution < 1.29 is 28.6 Å². The normalized spacial score (nSPS) is 17.8. The van der Waals surface area contributed by atoms with Crippen LogP contribution in [0.3, 0.4) is 0 Å². The van der Waals surface area contributed by atoms with Crippen molar-refractivity contribution in [2.24, 2.45) is 5.92 Å². The Morgan fingerprint density at radius 1 is 1.00 bits per heavy atom. The Morgan fingerprint density at radius 3 is 2.16 bits per heavy atom. The molecular formula is C32H38N3O6P2+. The first kappa shape index (κ1) is 32.5. The fraction of sp³-hybridized carbons (Fsp3) is 0.281. The molecule has 0 bridgehead atoms. The number of carbonyl (C=O) groups is 1. The molecule has 0 spiro atoms. The molecule has 2 aliphatic rings. The highest BCUT2D eigenvalue weighted by atomic mass is 31.2. The summed E-state index contributed by atoms with van der Waals surface area (Å²) < 4.78 is 20.9. The molecule has 4 aromatic rings. The van der Waals surface area contributed by atoms with E-state index < -0.39 is 15.6 Å². The predicted octanol–water partition coefficient (Wildman–Crippen LogP) is 4.44. The van der Waals surface area contributed by atoms with Gasteiger partial charge in [-0.15, -0.1) is 0 Å². The third kappa shape index (κ3) is 7.76. The van der Waals surface area contributed by atoms with Crippen molar-refractivity contribution in [2.45, 2.75) is 26.3 Å². The Balaban J connectivity index is 0.000000183. The molecule has 4 N–H and O–H groups in total. The molecule has 1 unspecified atom stereocenters. The number of likely N-dealkylation sites (N-methyl/N-ethyl adjacent to an activating group) is 1. The van der Waals surface area contributed by atoms with Crippen LogP contribution in [-0.2, 0) is 20.3 Å². The van der Waals surface area contributed by atoms with Gasteiger partial charge in [0.25, 0.3) is 0 Å². The molecular weight excluding hydrogens is 584 g/mol. The SMILES string of the molecule is CCN(CC)C(=O)[C@@H]1C=C2c3cccc4[nH]cc(c34)C[C@H]2N(C)C1.O=P(O)(O)c1ccccc1.O=[P+](O)c1ccccc1. The summed E-state index contributed by atoms with van der Waals surface area (Å²) in [5, 5.41) is 1.88. The van der Waals surface area contributed by atoms with Crippen LogP contribution in [0.4, 0.5) is 0 Å². The highest BCUT2D eigenvalue weighted by Gasteiger charge is 2.36. The van der Waals surface area contributed by atoms with E-state index in [9.17, 15) is 13.9 Å². The van der Waals surface area contributed by atoms with E-state index in [1.165, 1.54) is 39.7 Å². The smallest absolute Gasteiger partial charge is 0.361 e. The molecule has 11 heteroatoms. The van der Waals surface area contributed by atoms with Gasteiger partial charge in [-0.25, -0.2) is 0 Å². The number of nitrogens with zero attached hydrogens (tertiary/aromatic N) is 2. The van der Waals surface area contributed by atoms with Crippen LogP contribution >= 0.6 is 15.6 Å². The minimum Gasteiger partial charge on any atom is -0.361 e. The van der Waals surface area contributed by atoms with Gasteiger partial charge in [0.05, 0.1) is 11.2 Å². The van der Waals surface area contributed by atoms with Gasteiger partial charge in [0, 0.05) is 42.8 Å². The lowest BCUT2D eigenvalue weighted by Gasteiger charge is -2.40. The lowest BCUT2D eigenvalue weighted by Crippen LogP contribution is -2.47. The number of aromatic nitrogens is 1. The summed E-state index contributed by atoms with van der Waals surface area (Å²) in [4.78, 5) is 46.3. The van der Waals surface area contributed by atoms with Crippen LogP contribution in [0.2, 0.25) is 0 Å². The molecule has 0 radical (unpaired) electrons. The van der Waals surface area contributed by atoms with Crippen molar-refractivity contribution in [1.29, 1.82) is 0 Å². The molecule has 6 rings (SSSR count). The molecule has 43 heavy (non-hydrogen) atoms. The third-order valence-electron chi connectivity index (χ3n) is 7.73. The van der Waals surface area contributed by atoms with Crippen LogP contribution < -0.4 is 10.6 Å². The van der Waals surface area contributed by atoms with Crippen LogP contribution in [0.15, 0.2) is 91.1 Å². The van der Waals surface area contributed by atoms with Crippen LogP contribution in [0.1, 0.15) is 25.0 Å². The number of benzene rings is 3. The van der Waals surface area contributed by atoms with E-state index in [1.807, 2.05) is 11.0 Å². The van der Waals surface area contributed by atoms with Crippen LogP contribution in [-0.4, -0.2) is 68.1 Å². The zero-order valence-corrected chi connectivity index (χ0v) is 26.3. The van der Waals surface area contributed by atoms with E-state index in [-0.39, 0.29) is 17.1 Å². The molecule has 0 saturated carbocycles. The first-order chi connectivity index (χ1) is 20.5. The van der Waals surface area contributed by atoms with Crippen molar-refractivity contribution in [3.63, 3.8) is 0 Å². The minimum absolute atomic E-state index is 0.0445. The van der Waals surface area contributed by atoms with Gasteiger partial charge >= 0.3 is 15.6 Å². The molecule has 226 valence electrons. The topological polar surface area (TPSA) is 134 Å². The molecule has 1 aliphatic carbocycles. The third-order valence-corrected chi connectivity index (χ3v) is 9.44. The largest absolute Gasteiger partial charge is 0.546 e. The van der Waals surface area contributed by atoms with Gasteiger partial charge in [0.1, 0.15) is 0 Å². The first-order valence-corrected chi connectivity index (χ1v) is 17.0. The summed E-state index contributed by atoms with van der Waals surface area (Å²) in [5.74, 6) is 0.210. The summed E-state index contributed by atoms with van der Waals surface area (Å²) in [6.07, 6.45) is 5.41. The van der Waals surface area contributed by atoms with Gasteiger partial charge in [-0.1, -0.05) is 54.6 Å². The fourth-order valence-electron chi connectivity index (χ4n) is 5.55. The van der Waals surface area contributed by atoms with E-state index in [0.717, 1.165) is 26.1 Å². The summed E-state index contributed by atoms with van der Waals surface area (Å²) in [6, 6.07) is 23.0. The van der Waals surface area contributed by atoms with E-state index in [4.69, 9.17) is 14.7 Å².